The first-order valence-corrected chi connectivity index (χ1v) is 52.0. The first kappa shape index (κ1) is 129. The third-order valence-corrected chi connectivity index (χ3v) is 26.5. The quantitative estimate of drug-likeness (QED) is 0.0220. The molecule has 4 fully saturated rings. The molecule has 9 aromatic carbocycles. The minimum absolute atomic E-state index is 0.0358. The van der Waals surface area contributed by atoms with Crippen molar-refractivity contribution in [2.75, 3.05) is 116 Å². The predicted molar refractivity (Wildman–Crippen MR) is 573 cm³/mol. The first-order chi connectivity index (χ1) is 70.0. The first-order valence-electron chi connectivity index (χ1n) is 50.5. The average Bonchev–Trinajstić information content (AvgIpc) is 1.81. The molecule has 2 N–H and O–H groups in total. The topological polar surface area (TPSA) is 267 Å². The summed E-state index contributed by atoms with van der Waals surface area (Å²) < 4.78 is 202. The number of ether oxygens (including phenoxy) is 19. The highest BCUT2D eigenvalue weighted by Gasteiger charge is 2.38. The number of hydrogen-bond acceptors (Lipinski definition) is 24. The average molecular weight is 2110 g/mol. The number of methoxy groups -OCH3 is 8. The number of rotatable bonds is 33. The van der Waals surface area contributed by atoms with Crippen molar-refractivity contribution in [3.05, 3.63) is 237 Å². The van der Waals surface area contributed by atoms with Crippen LogP contribution in [0.4, 0.5) is 26.3 Å². The molecule has 0 spiro atoms. The summed E-state index contributed by atoms with van der Waals surface area (Å²) in [5, 5.41) is 19.3. The lowest BCUT2D eigenvalue weighted by Crippen LogP contribution is -2.30. The Morgan fingerprint density at radius 1 is 0.383 bits per heavy atom. The van der Waals surface area contributed by atoms with Gasteiger partial charge < -0.3 is 100 Å². The Morgan fingerprint density at radius 3 is 1.13 bits per heavy atom. The molecule has 4 aliphatic rings. The molecule has 9 aromatic rings. The minimum Gasteiger partial charge on any atom is -0.496 e. The van der Waals surface area contributed by atoms with Gasteiger partial charge in [0.05, 0.1) is 131 Å². The highest BCUT2D eigenvalue weighted by atomic mass is 32.2. The molecule has 6 atom stereocenters. The fourth-order valence-corrected chi connectivity index (χ4v) is 16.2. The number of carbonyl (C=O) groups is 1. The summed E-state index contributed by atoms with van der Waals surface area (Å²) >= 11 is 0. The fourth-order valence-electron chi connectivity index (χ4n) is 15.0. The van der Waals surface area contributed by atoms with Crippen LogP contribution in [0.5, 0.6) is 74.7 Å². The van der Waals surface area contributed by atoms with E-state index in [2.05, 4.69) is 26.8 Å². The van der Waals surface area contributed by atoms with E-state index >= 15 is 0 Å². The zero-order chi connectivity index (χ0) is 111. The molecule has 31 heteroatoms. The molecule has 2 saturated carbocycles. The number of aliphatic hydroxyl groups is 2. The van der Waals surface area contributed by atoms with Crippen molar-refractivity contribution in [1.82, 2.24) is 0 Å². The van der Waals surface area contributed by atoms with Crippen LogP contribution in [-0.4, -0.2) is 200 Å². The van der Waals surface area contributed by atoms with Gasteiger partial charge >= 0.3 is 18.3 Å². The van der Waals surface area contributed by atoms with E-state index in [9.17, 15) is 49.8 Å². The molecule has 2 aliphatic carbocycles. The Hall–Kier alpha value is -10.9. The lowest BCUT2D eigenvalue weighted by molar-refractivity contribution is -0.146. The number of halogens is 6. The minimum atomic E-state index is -4.40. The van der Waals surface area contributed by atoms with E-state index in [1.165, 1.54) is 30.4 Å². The molecule has 0 radical (unpaired) electrons. The Bertz CT molecular complexity index is 5560. The van der Waals surface area contributed by atoms with Gasteiger partial charge in [-0.2, -0.15) is 26.3 Å². The van der Waals surface area contributed by atoms with Gasteiger partial charge in [-0.1, -0.05) is 104 Å². The second kappa shape index (κ2) is 62.2. The molecule has 2 aliphatic heterocycles. The number of sulfone groups is 1. The van der Waals surface area contributed by atoms with E-state index in [0.29, 0.717) is 49.1 Å². The third kappa shape index (κ3) is 44.9. The Morgan fingerprint density at radius 2 is 0.752 bits per heavy atom. The molecule has 2 saturated heterocycles. The van der Waals surface area contributed by atoms with Crippen molar-refractivity contribution < 1.29 is 140 Å². The predicted octanol–water partition coefficient (Wildman–Crippen LogP) is 26.2. The number of aryl methyl sites for hydroxylation is 8. The summed E-state index contributed by atoms with van der Waals surface area (Å²) in [6, 6.07) is 50.5. The van der Waals surface area contributed by atoms with Gasteiger partial charge in [0.15, 0.2) is 67.3 Å². The normalized spacial score (nSPS) is 16.3. The highest BCUT2D eigenvalue weighted by molar-refractivity contribution is 7.92. The van der Waals surface area contributed by atoms with E-state index in [0.717, 1.165) is 180 Å². The molecule has 13 rings (SSSR count). The SMILES string of the molecule is COC(=O)C(C)(C)c1ccc(C)cc1OC.COc1cc(C(C)(C)C)ccc1OC1CCCC1O.COc1cc(C)ccc1OC1CCC(O)C1.COc1cc(C)ccc1OCC(C)(C)OC.COc1cc(C)ccc1OCC1CCCO1.COc1cc(C)ccc1OCCOC(C)C.Cc1ccc(OCC2CCCO2)c(C(F)(F)F)c1.Cc1ccc(OCCOC(C)C)c(C(F)(F)F)c1.Cc1ccc(S(=O)(=O)C(C)(C)C)cc1. The van der Waals surface area contributed by atoms with Gasteiger partial charge in [0.1, 0.15) is 62.5 Å². The summed E-state index contributed by atoms with van der Waals surface area (Å²) in [5.74, 6) is 7.80. The zero-order valence-electron chi connectivity index (χ0n) is 93.3. The Labute approximate surface area is 882 Å². The van der Waals surface area contributed by atoms with Crippen LogP contribution in [-0.2, 0) is 66.2 Å². The van der Waals surface area contributed by atoms with Crippen LogP contribution in [0.2, 0.25) is 0 Å². The van der Waals surface area contributed by atoms with Gasteiger partial charge in [0.2, 0.25) is 0 Å². The van der Waals surface area contributed by atoms with Crippen LogP contribution < -0.4 is 61.6 Å². The maximum absolute atomic E-state index is 12.8. The van der Waals surface area contributed by atoms with Crippen LogP contribution in [0.3, 0.4) is 0 Å². The van der Waals surface area contributed by atoms with Crippen molar-refractivity contribution in [3.8, 4) is 74.7 Å². The van der Waals surface area contributed by atoms with Crippen molar-refractivity contribution in [2.45, 2.75) is 304 Å². The van der Waals surface area contributed by atoms with Gasteiger partial charge in [-0.05, 0) is 331 Å². The molecular formula is C118H166F6O24S. The smallest absolute Gasteiger partial charge is 0.419 e. The van der Waals surface area contributed by atoms with Gasteiger partial charge in [-0.25, -0.2) is 8.42 Å². The van der Waals surface area contributed by atoms with Gasteiger partial charge in [0, 0.05) is 32.3 Å². The number of carbonyl (C=O) groups excluding carboxylic acids is 1. The fraction of sp³-hybridized carbons (Fsp3) is 0.534. The van der Waals surface area contributed by atoms with Crippen LogP contribution in [0.15, 0.2) is 175 Å². The molecule has 24 nitrogen and oxygen atoms in total. The number of alkyl halides is 6. The van der Waals surface area contributed by atoms with Crippen molar-refractivity contribution in [2.24, 2.45) is 0 Å². The number of benzene rings is 9. The lowest BCUT2D eigenvalue weighted by Gasteiger charge is -2.24. The van der Waals surface area contributed by atoms with Crippen molar-refractivity contribution in [1.29, 1.82) is 0 Å². The largest absolute Gasteiger partial charge is 0.496 e. The zero-order valence-corrected chi connectivity index (χ0v) is 94.1. The van der Waals surface area contributed by atoms with Crippen LogP contribution >= 0.6 is 0 Å². The molecule has 6 unspecified atom stereocenters. The summed E-state index contributed by atoms with van der Waals surface area (Å²) in [7, 11) is 9.72. The van der Waals surface area contributed by atoms with Crippen LogP contribution in [0.25, 0.3) is 0 Å². The molecule has 2 heterocycles. The van der Waals surface area contributed by atoms with E-state index in [-0.39, 0.29) is 97.1 Å². The van der Waals surface area contributed by atoms with E-state index < -0.39 is 43.5 Å². The van der Waals surface area contributed by atoms with Gasteiger partial charge in [-0.3, -0.25) is 4.79 Å². The highest BCUT2D eigenvalue weighted by Crippen LogP contribution is 2.43. The van der Waals surface area contributed by atoms with Crippen LogP contribution in [0.1, 0.15) is 228 Å². The monoisotopic (exact) mass is 2110 g/mol. The van der Waals surface area contributed by atoms with E-state index in [1.807, 2.05) is 212 Å². The molecule has 0 amide bonds. The molecular weight excluding hydrogens is 1950 g/mol. The lowest BCUT2D eigenvalue weighted by atomic mass is 9.83. The number of hydrogen-bond donors (Lipinski definition) is 2. The summed E-state index contributed by atoms with van der Waals surface area (Å²) in [6.45, 7) is 46.5. The van der Waals surface area contributed by atoms with E-state index in [1.54, 1.807) is 109 Å². The Balaban J connectivity index is 0.000000295. The standard InChI is InChI=1S/C16H24O3.C13H15F3O2.C13H17F3O2.2C13H18O3.C13H20O3.C13H18O3.C13H20O3.C11H16O2S/c1-16(2,3)11-8-9-14(15(10-11)18-4)19-13-7-5-6-12(13)17;1-9-4-5-12(11(7-9)13(14,15)16)18-8-10-3-2-6-17-10;1-9(2)17-6-7-18-12-5-4-10(3)8-11(12)13(14,15)16;1-9-3-6-12(13(7-9)15-2)16-11-5-4-10(14)8-11;1-10-5-6-12(13(8-10)14-2)16-9-11-4-3-7-15-11;1-10-6-7-11(12(8-10)14-4)16-9-13(2,3)15-5;1-9-6-7-10(11(8-9)15-4)13(2,3)12(14)16-5;1-10(2)15-7-8-16-12-6-5-11(3)9-13(12)14-4;1-9-5-7-10(8-6-9)14(12,13)11(2,3)4/h8-10,12-13,17H,5-7H2,1-4H3;4-5,7,10H,2-3,6,8H2,1H3;4-5,8-9H,6-7H2,1-3H3;3,6-7,10-11,14H,4-5,8H2,1-2H3;5-6,8,11H,3-4,7,9H2,1-2H3;6-8H,9H2,1-5H3;6-8H,1-5H3;5-6,9-10H,7-8H2,1-4H3;5-8H,1-4H3. The second-order valence-corrected chi connectivity index (χ2v) is 43.2. The Kier molecular flexibility index (Phi) is 53.6. The summed E-state index contributed by atoms with van der Waals surface area (Å²) in [6.07, 6.45) is 0.318. The second-order valence-electron chi connectivity index (χ2n) is 40.5. The molecule has 830 valence electrons. The molecule has 0 aromatic heterocycles. The van der Waals surface area contributed by atoms with E-state index in [4.69, 9.17) is 90.0 Å². The maximum Gasteiger partial charge on any atom is 0.419 e. The molecule has 0 bridgehead atoms. The number of esters is 1. The third-order valence-electron chi connectivity index (χ3n) is 24.0. The van der Waals surface area contributed by atoms with Gasteiger partial charge in [0.25, 0.3) is 0 Å². The van der Waals surface area contributed by atoms with Gasteiger partial charge in [-0.15, -0.1) is 0 Å². The van der Waals surface area contributed by atoms with Crippen LogP contribution in [0, 0.1) is 55.4 Å². The summed E-state index contributed by atoms with van der Waals surface area (Å²) in [5.41, 5.74) is 7.57. The van der Waals surface area contributed by atoms with Crippen molar-refractivity contribution >= 4 is 15.8 Å². The maximum atomic E-state index is 12.8. The number of aliphatic hydroxyl groups excluding tert-OH is 2. The summed E-state index contributed by atoms with van der Waals surface area (Å²) in [4.78, 5) is 12.1. The molecule has 149 heavy (non-hydrogen) atoms. The van der Waals surface area contributed by atoms with Crippen molar-refractivity contribution in [3.63, 3.8) is 0 Å².